The fourth-order valence-corrected chi connectivity index (χ4v) is 10.4. The van der Waals surface area contributed by atoms with Crippen LogP contribution in [0, 0.1) is 40.4 Å². The molecule has 0 aromatic heterocycles. The van der Waals surface area contributed by atoms with E-state index in [0.29, 0.717) is 37.7 Å². The third kappa shape index (κ3) is 5.39. The molecule has 1 aliphatic heterocycles. The van der Waals surface area contributed by atoms with Crippen LogP contribution in [-0.4, -0.2) is 75.5 Å². The van der Waals surface area contributed by atoms with Gasteiger partial charge in [0, 0.05) is 38.0 Å². The van der Waals surface area contributed by atoms with Gasteiger partial charge in [0.05, 0.1) is 11.5 Å². The summed E-state index contributed by atoms with van der Waals surface area (Å²) in [5, 5.41) is 25.1. The first-order valence-corrected chi connectivity index (χ1v) is 16.7. The van der Waals surface area contributed by atoms with Gasteiger partial charge >= 0.3 is 23.9 Å². The quantitative estimate of drug-likeness (QED) is 0.307. The molecular formula is C35H50O11. The molecule has 3 saturated carbocycles. The molecule has 0 amide bonds. The fraction of sp³-hybridized carbons (Fsp3) is 0.800. The van der Waals surface area contributed by atoms with Crippen LogP contribution in [0.25, 0.3) is 0 Å². The van der Waals surface area contributed by atoms with E-state index in [0.717, 1.165) is 0 Å². The van der Waals surface area contributed by atoms with Crippen molar-refractivity contribution in [3.8, 4) is 0 Å². The first-order chi connectivity index (χ1) is 21.3. The van der Waals surface area contributed by atoms with Gasteiger partial charge in [-0.3, -0.25) is 24.0 Å². The number of ketones is 1. The van der Waals surface area contributed by atoms with Gasteiger partial charge in [-0.15, -0.1) is 0 Å². The van der Waals surface area contributed by atoms with Crippen LogP contribution in [0.3, 0.4) is 0 Å². The van der Waals surface area contributed by atoms with Crippen LogP contribution in [0.15, 0.2) is 11.6 Å². The van der Waals surface area contributed by atoms with E-state index in [4.69, 9.17) is 18.9 Å². The lowest BCUT2D eigenvalue weighted by molar-refractivity contribution is -0.197. The lowest BCUT2D eigenvalue weighted by atomic mass is 9.45. The molecule has 2 N–H and O–H groups in total. The highest BCUT2D eigenvalue weighted by Gasteiger charge is 2.70. The number of esters is 4. The molecule has 11 heteroatoms. The molecule has 11 nitrogen and oxygen atoms in total. The van der Waals surface area contributed by atoms with Crippen molar-refractivity contribution in [3.63, 3.8) is 0 Å². The normalized spacial score (nSPS) is 43.6. The standard InChI is InChI=1S/C35H50O11/c1-17-22(18(2)43-31(17)40)13-30(46-21(5)38)34(8,41)29-10-12-35(42)24-14-26(39)25-15-27(44-19(3)36)28(45-20(4)37)16-32(25,6)23(24)9-11-33(29,35)7/h14,17-18,22-23,25,27-30,41-42H,9-13,15-16H2,1-8H3/t17-,18+,22-,23-,25+,27+,28-,29-,30+,32+,33+,34+,35+/m0/s1. The fourth-order valence-electron chi connectivity index (χ4n) is 10.4. The molecule has 4 fully saturated rings. The highest BCUT2D eigenvalue weighted by molar-refractivity contribution is 5.95. The van der Waals surface area contributed by atoms with E-state index in [-0.39, 0.29) is 36.4 Å². The average Bonchev–Trinajstić information content (AvgIpc) is 3.35. The Balaban J connectivity index is 1.48. The number of hydrogen-bond donors (Lipinski definition) is 2. The van der Waals surface area contributed by atoms with Crippen molar-refractivity contribution >= 4 is 29.7 Å². The van der Waals surface area contributed by atoms with E-state index in [2.05, 4.69) is 0 Å². The Kier molecular flexibility index (Phi) is 8.80. The number of carbonyl (C=O) groups excluding carboxylic acids is 5. The number of carbonyl (C=O) groups is 5. The first-order valence-electron chi connectivity index (χ1n) is 16.7. The molecule has 46 heavy (non-hydrogen) atoms. The van der Waals surface area contributed by atoms with E-state index in [1.54, 1.807) is 26.8 Å². The molecule has 0 bridgehead atoms. The van der Waals surface area contributed by atoms with Crippen molar-refractivity contribution in [3.05, 3.63) is 11.6 Å². The zero-order valence-electron chi connectivity index (χ0n) is 28.3. The smallest absolute Gasteiger partial charge is 0.309 e. The Labute approximate surface area is 270 Å². The van der Waals surface area contributed by atoms with Gasteiger partial charge < -0.3 is 29.2 Å². The Morgan fingerprint density at radius 2 is 1.63 bits per heavy atom. The Bertz CT molecular complexity index is 1340. The van der Waals surface area contributed by atoms with E-state index in [9.17, 15) is 34.2 Å². The van der Waals surface area contributed by atoms with Gasteiger partial charge in [0.2, 0.25) is 0 Å². The van der Waals surface area contributed by atoms with Crippen LogP contribution in [0.5, 0.6) is 0 Å². The van der Waals surface area contributed by atoms with Crippen LogP contribution >= 0.6 is 0 Å². The minimum absolute atomic E-state index is 0.160. The van der Waals surface area contributed by atoms with Gasteiger partial charge in [0.1, 0.15) is 30.0 Å². The van der Waals surface area contributed by atoms with Crippen molar-refractivity contribution in [2.75, 3.05) is 0 Å². The summed E-state index contributed by atoms with van der Waals surface area (Å²) < 4.78 is 22.4. The van der Waals surface area contributed by atoms with Gasteiger partial charge in [0.15, 0.2) is 5.78 Å². The number of fused-ring (bicyclic) bond motifs is 5. The van der Waals surface area contributed by atoms with Gasteiger partial charge in [-0.1, -0.05) is 20.8 Å². The topological polar surface area (TPSA) is 163 Å². The van der Waals surface area contributed by atoms with Crippen molar-refractivity contribution in [1.82, 2.24) is 0 Å². The Morgan fingerprint density at radius 1 is 1.00 bits per heavy atom. The number of cyclic esters (lactones) is 1. The van der Waals surface area contributed by atoms with Gasteiger partial charge in [-0.2, -0.15) is 0 Å². The zero-order chi connectivity index (χ0) is 34.1. The second-order valence-electron chi connectivity index (χ2n) is 15.4. The predicted molar refractivity (Wildman–Crippen MR) is 163 cm³/mol. The summed E-state index contributed by atoms with van der Waals surface area (Å²) in [7, 11) is 0. The van der Waals surface area contributed by atoms with Crippen molar-refractivity contribution in [2.45, 2.75) is 136 Å². The highest BCUT2D eigenvalue weighted by atomic mass is 16.6. The van der Waals surface area contributed by atoms with Crippen LogP contribution in [0.1, 0.15) is 100 Å². The number of hydrogen-bond acceptors (Lipinski definition) is 11. The largest absolute Gasteiger partial charge is 0.462 e. The van der Waals surface area contributed by atoms with Crippen molar-refractivity contribution in [1.29, 1.82) is 0 Å². The summed E-state index contributed by atoms with van der Waals surface area (Å²) in [6.45, 7) is 13.1. The molecule has 5 aliphatic rings. The summed E-state index contributed by atoms with van der Waals surface area (Å²) in [5.74, 6) is -3.94. The monoisotopic (exact) mass is 646 g/mol. The van der Waals surface area contributed by atoms with Crippen molar-refractivity contribution in [2.24, 2.45) is 40.4 Å². The summed E-state index contributed by atoms with van der Waals surface area (Å²) >= 11 is 0. The first kappa shape index (κ1) is 34.5. The molecule has 4 aliphatic carbocycles. The van der Waals surface area contributed by atoms with E-state index in [1.807, 2.05) is 13.8 Å². The molecule has 13 atom stereocenters. The lowest BCUT2D eigenvalue weighted by Crippen LogP contribution is -2.63. The number of rotatable bonds is 7. The molecule has 0 radical (unpaired) electrons. The molecule has 256 valence electrons. The third-order valence-corrected chi connectivity index (χ3v) is 12.8. The molecule has 5 rings (SSSR count). The number of ether oxygens (including phenoxy) is 4. The predicted octanol–water partition coefficient (Wildman–Crippen LogP) is 3.60. The molecule has 0 unspecified atom stereocenters. The molecule has 0 aromatic carbocycles. The third-order valence-electron chi connectivity index (χ3n) is 12.8. The van der Waals surface area contributed by atoms with Crippen LogP contribution in [-0.2, 0) is 42.9 Å². The Hall–Kier alpha value is -2.79. The minimum Gasteiger partial charge on any atom is -0.462 e. The molecule has 1 saturated heterocycles. The van der Waals surface area contributed by atoms with E-state index in [1.165, 1.54) is 20.8 Å². The van der Waals surface area contributed by atoms with Gasteiger partial charge in [0.25, 0.3) is 0 Å². The zero-order valence-corrected chi connectivity index (χ0v) is 28.3. The maximum absolute atomic E-state index is 13.9. The summed E-state index contributed by atoms with van der Waals surface area (Å²) in [5.41, 5.74) is -3.90. The summed E-state index contributed by atoms with van der Waals surface area (Å²) in [6, 6.07) is 0. The van der Waals surface area contributed by atoms with Crippen molar-refractivity contribution < 1.29 is 53.1 Å². The minimum atomic E-state index is -1.57. The van der Waals surface area contributed by atoms with Crippen LogP contribution < -0.4 is 0 Å². The molecular weight excluding hydrogens is 596 g/mol. The molecule has 0 spiro atoms. The second-order valence-corrected chi connectivity index (χ2v) is 15.4. The summed E-state index contributed by atoms with van der Waals surface area (Å²) in [6.07, 6.45) is 1.34. The SMILES string of the molecule is CC(=O)O[C@H]1C[C@@]2(C)[C@H](C[C@H]1OC(C)=O)C(=O)C=C1[C@@H]2CC[C@]2(C)[C@@H]([C@@](C)(O)[C@@H](C[C@H]3[C@H](C)C(=O)O[C@@H]3C)OC(C)=O)CC[C@@]12O. The number of aliphatic hydroxyl groups is 2. The van der Waals surface area contributed by atoms with Crippen LogP contribution in [0.2, 0.25) is 0 Å². The number of allylic oxidation sites excluding steroid dienone is 1. The molecule has 0 aromatic rings. The van der Waals surface area contributed by atoms with Gasteiger partial charge in [-0.05, 0) is 87.7 Å². The van der Waals surface area contributed by atoms with E-state index < -0.39 is 82.1 Å². The molecule has 1 heterocycles. The maximum atomic E-state index is 13.9. The highest BCUT2D eigenvalue weighted by Crippen LogP contribution is 2.69. The van der Waals surface area contributed by atoms with Crippen LogP contribution in [0.4, 0.5) is 0 Å². The maximum Gasteiger partial charge on any atom is 0.309 e. The Morgan fingerprint density at radius 3 is 2.20 bits per heavy atom. The average molecular weight is 647 g/mol. The van der Waals surface area contributed by atoms with Gasteiger partial charge in [-0.25, -0.2) is 0 Å². The summed E-state index contributed by atoms with van der Waals surface area (Å²) in [4.78, 5) is 62.5. The second kappa shape index (κ2) is 11.7. The lowest BCUT2D eigenvalue weighted by Gasteiger charge is -2.61. The van der Waals surface area contributed by atoms with E-state index >= 15 is 0 Å².